The molecule has 0 saturated carbocycles. The van der Waals surface area contributed by atoms with E-state index in [4.69, 9.17) is 11.6 Å². The van der Waals surface area contributed by atoms with E-state index in [0.717, 1.165) is 16.6 Å². The summed E-state index contributed by atoms with van der Waals surface area (Å²) >= 11 is 5.91. The highest BCUT2D eigenvalue weighted by molar-refractivity contribution is 6.30. The fourth-order valence-electron chi connectivity index (χ4n) is 2.60. The Bertz CT molecular complexity index is 917. The van der Waals surface area contributed by atoms with E-state index in [1.807, 2.05) is 52.0 Å². The van der Waals surface area contributed by atoms with Crippen molar-refractivity contribution in [1.82, 2.24) is 19.6 Å². The van der Waals surface area contributed by atoms with Crippen LogP contribution >= 0.6 is 11.6 Å². The van der Waals surface area contributed by atoms with Crippen LogP contribution in [-0.2, 0) is 12.1 Å². The van der Waals surface area contributed by atoms with Crippen LogP contribution in [0.25, 0.3) is 10.9 Å². The van der Waals surface area contributed by atoms with Crippen LogP contribution in [0.3, 0.4) is 0 Å². The first-order valence-electron chi connectivity index (χ1n) is 7.48. The molecule has 1 aromatic carbocycles. The van der Waals surface area contributed by atoms with E-state index < -0.39 is 0 Å². The second-order valence-corrected chi connectivity index (χ2v) is 7.10. The average molecular weight is 331 g/mol. The minimum Gasteiger partial charge on any atom is -0.265 e. The number of hydrogen-bond donors (Lipinski definition) is 0. The Labute approximate surface area is 139 Å². The van der Waals surface area contributed by atoms with Crippen molar-refractivity contribution in [3.63, 3.8) is 0 Å². The third-order valence-corrected chi connectivity index (χ3v) is 4.00. The second kappa shape index (κ2) is 5.49. The molecule has 0 bridgehead atoms. The lowest BCUT2D eigenvalue weighted by Gasteiger charge is -2.20. The van der Waals surface area contributed by atoms with Gasteiger partial charge in [-0.25, -0.2) is 4.68 Å². The lowest BCUT2D eigenvalue weighted by molar-refractivity contribution is 0.366. The maximum Gasteiger partial charge on any atom is 0.293 e. The fourth-order valence-corrected chi connectivity index (χ4v) is 2.73. The van der Waals surface area contributed by atoms with Crippen molar-refractivity contribution >= 4 is 22.5 Å². The van der Waals surface area contributed by atoms with Gasteiger partial charge in [-0.2, -0.15) is 10.2 Å². The average Bonchev–Trinajstić information content (AvgIpc) is 2.92. The summed E-state index contributed by atoms with van der Waals surface area (Å²) in [5.41, 5.74) is 1.97. The molecule has 0 amide bonds. The molecule has 23 heavy (non-hydrogen) atoms. The number of aryl methyl sites for hydroxylation is 1. The number of halogens is 1. The molecule has 5 nitrogen and oxygen atoms in total. The molecule has 120 valence electrons. The number of nitrogens with zero attached hydrogens (tertiary/aromatic N) is 4. The Hall–Kier alpha value is -2.14. The summed E-state index contributed by atoms with van der Waals surface area (Å²) in [7, 11) is 0. The van der Waals surface area contributed by atoms with Gasteiger partial charge in [0.15, 0.2) is 0 Å². The predicted molar refractivity (Wildman–Crippen MR) is 92.1 cm³/mol. The summed E-state index contributed by atoms with van der Waals surface area (Å²) in [6.07, 6.45) is 1.72. The van der Waals surface area contributed by atoms with Gasteiger partial charge in [-0.1, -0.05) is 23.7 Å². The Kier molecular flexibility index (Phi) is 3.76. The van der Waals surface area contributed by atoms with Gasteiger partial charge in [0.1, 0.15) is 5.52 Å². The monoisotopic (exact) mass is 330 g/mol. The molecule has 2 heterocycles. The van der Waals surface area contributed by atoms with Crippen LogP contribution in [0.4, 0.5) is 0 Å². The van der Waals surface area contributed by atoms with Gasteiger partial charge in [-0.15, -0.1) is 0 Å². The Morgan fingerprint density at radius 3 is 2.43 bits per heavy atom. The number of hydrogen-bond acceptors (Lipinski definition) is 3. The van der Waals surface area contributed by atoms with E-state index in [9.17, 15) is 4.79 Å². The maximum absolute atomic E-state index is 12.9. The Morgan fingerprint density at radius 1 is 1.17 bits per heavy atom. The summed E-state index contributed by atoms with van der Waals surface area (Å²) in [4.78, 5) is 12.9. The Balaban J connectivity index is 2.17. The smallest absolute Gasteiger partial charge is 0.265 e. The van der Waals surface area contributed by atoms with Gasteiger partial charge in [0.2, 0.25) is 0 Å². The number of aromatic nitrogens is 4. The number of rotatable bonds is 2. The molecule has 0 atom stereocenters. The molecule has 6 heteroatoms. The van der Waals surface area contributed by atoms with E-state index in [0.29, 0.717) is 17.1 Å². The Morgan fingerprint density at radius 2 is 1.83 bits per heavy atom. The number of fused-ring (bicyclic) bond motifs is 1. The minimum atomic E-state index is -0.271. The molecular formula is C17H19ClN4O. The van der Waals surface area contributed by atoms with Gasteiger partial charge in [0.25, 0.3) is 5.56 Å². The third kappa shape index (κ3) is 2.88. The highest BCUT2D eigenvalue weighted by atomic mass is 35.5. The quantitative estimate of drug-likeness (QED) is 0.724. The molecule has 3 rings (SSSR count). The molecule has 0 aliphatic rings. The molecule has 0 spiro atoms. The van der Waals surface area contributed by atoms with Gasteiger partial charge >= 0.3 is 0 Å². The molecule has 0 saturated heterocycles. The zero-order valence-corrected chi connectivity index (χ0v) is 14.4. The number of benzene rings is 1. The van der Waals surface area contributed by atoms with Gasteiger partial charge in [0.05, 0.1) is 24.0 Å². The van der Waals surface area contributed by atoms with Crippen LogP contribution in [-0.4, -0.2) is 19.6 Å². The molecule has 0 aliphatic carbocycles. The second-order valence-electron chi connectivity index (χ2n) is 6.66. The standard InChI is InChI=1S/C17H19ClN4O/c1-11-14-9-19-22(17(2,3)4)15(14)16(23)21(20-11)10-12-5-7-13(18)8-6-12/h5-9H,10H2,1-4H3. The largest absolute Gasteiger partial charge is 0.293 e. The summed E-state index contributed by atoms with van der Waals surface area (Å²) < 4.78 is 3.27. The molecular weight excluding hydrogens is 312 g/mol. The highest BCUT2D eigenvalue weighted by Crippen LogP contribution is 2.20. The molecule has 0 aliphatic heterocycles. The lowest BCUT2D eigenvalue weighted by Crippen LogP contribution is -2.30. The molecule has 2 aromatic heterocycles. The van der Waals surface area contributed by atoms with E-state index in [1.165, 1.54) is 4.68 Å². The van der Waals surface area contributed by atoms with Crippen LogP contribution in [0.5, 0.6) is 0 Å². The lowest BCUT2D eigenvalue weighted by atomic mass is 10.1. The molecule has 0 N–H and O–H groups in total. The van der Waals surface area contributed by atoms with Gasteiger partial charge < -0.3 is 0 Å². The topological polar surface area (TPSA) is 52.7 Å². The van der Waals surface area contributed by atoms with Crippen molar-refractivity contribution in [3.8, 4) is 0 Å². The maximum atomic E-state index is 12.9. The van der Waals surface area contributed by atoms with Crippen LogP contribution in [0.1, 0.15) is 32.0 Å². The summed E-state index contributed by atoms with van der Waals surface area (Å²) in [5, 5.41) is 10.3. The first-order chi connectivity index (χ1) is 10.8. The molecule has 0 radical (unpaired) electrons. The first kappa shape index (κ1) is 15.7. The van der Waals surface area contributed by atoms with Crippen molar-refractivity contribution < 1.29 is 0 Å². The van der Waals surface area contributed by atoms with Crippen LogP contribution in [0, 0.1) is 6.92 Å². The summed E-state index contributed by atoms with van der Waals surface area (Å²) in [6.45, 7) is 8.38. The molecule has 3 aromatic rings. The van der Waals surface area contributed by atoms with Crippen molar-refractivity contribution in [2.24, 2.45) is 0 Å². The van der Waals surface area contributed by atoms with Gasteiger partial charge in [0, 0.05) is 10.4 Å². The minimum absolute atomic E-state index is 0.132. The highest BCUT2D eigenvalue weighted by Gasteiger charge is 2.21. The fraction of sp³-hybridized carbons (Fsp3) is 0.353. The molecule has 0 fully saturated rings. The van der Waals surface area contributed by atoms with Gasteiger partial charge in [-0.05, 0) is 45.4 Å². The first-order valence-corrected chi connectivity index (χ1v) is 7.85. The normalized spacial score (nSPS) is 12.0. The van der Waals surface area contributed by atoms with Crippen molar-refractivity contribution in [2.75, 3.05) is 0 Å². The van der Waals surface area contributed by atoms with Crippen molar-refractivity contribution in [2.45, 2.75) is 39.8 Å². The van der Waals surface area contributed by atoms with Gasteiger partial charge in [-0.3, -0.25) is 9.48 Å². The zero-order chi connectivity index (χ0) is 16.8. The van der Waals surface area contributed by atoms with Crippen LogP contribution in [0.15, 0.2) is 35.3 Å². The van der Waals surface area contributed by atoms with E-state index in [2.05, 4.69) is 10.2 Å². The van der Waals surface area contributed by atoms with Crippen molar-refractivity contribution in [1.29, 1.82) is 0 Å². The van der Waals surface area contributed by atoms with Crippen molar-refractivity contribution in [3.05, 3.63) is 57.1 Å². The summed E-state index contributed by atoms with van der Waals surface area (Å²) in [5.74, 6) is 0. The predicted octanol–water partition coefficient (Wildman–Crippen LogP) is 3.36. The van der Waals surface area contributed by atoms with Crippen LogP contribution < -0.4 is 5.56 Å². The molecule has 0 unspecified atom stereocenters. The summed E-state index contributed by atoms with van der Waals surface area (Å²) in [6, 6.07) is 7.42. The van der Waals surface area contributed by atoms with E-state index in [-0.39, 0.29) is 11.1 Å². The van der Waals surface area contributed by atoms with E-state index in [1.54, 1.807) is 10.9 Å². The van der Waals surface area contributed by atoms with E-state index >= 15 is 0 Å². The SMILES string of the molecule is Cc1nn(Cc2ccc(Cl)cc2)c(=O)c2c1cnn2C(C)(C)C. The third-order valence-electron chi connectivity index (χ3n) is 3.75. The van der Waals surface area contributed by atoms with Crippen LogP contribution in [0.2, 0.25) is 5.02 Å². The zero-order valence-electron chi connectivity index (χ0n) is 13.7.